The van der Waals surface area contributed by atoms with E-state index in [1.54, 1.807) is 11.0 Å². The second-order valence-electron chi connectivity index (χ2n) is 4.71. The number of fused-ring (bicyclic) bond motifs is 1. The average molecular weight is 264 g/mol. The van der Waals surface area contributed by atoms with Crippen molar-refractivity contribution < 1.29 is 14.3 Å². The fourth-order valence-corrected chi connectivity index (χ4v) is 2.13. The maximum atomic E-state index is 12.6. The van der Waals surface area contributed by atoms with Gasteiger partial charge in [-0.25, -0.2) is 0 Å². The number of amides is 1. The summed E-state index contributed by atoms with van der Waals surface area (Å²) in [4.78, 5) is 14.3. The molecule has 0 spiro atoms. The van der Waals surface area contributed by atoms with Gasteiger partial charge in [0.05, 0.1) is 5.56 Å². The van der Waals surface area contributed by atoms with Gasteiger partial charge in [0, 0.05) is 19.1 Å². The van der Waals surface area contributed by atoms with Gasteiger partial charge >= 0.3 is 0 Å². The van der Waals surface area contributed by atoms with Gasteiger partial charge in [-0.05, 0) is 26.0 Å². The van der Waals surface area contributed by atoms with Gasteiger partial charge < -0.3 is 20.1 Å². The van der Waals surface area contributed by atoms with E-state index in [4.69, 9.17) is 15.2 Å². The molecule has 5 nitrogen and oxygen atoms in total. The van der Waals surface area contributed by atoms with E-state index in [1.807, 2.05) is 26.0 Å². The van der Waals surface area contributed by atoms with Crippen molar-refractivity contribution in [3.8, 4) is 11.5 Å². The number of nitrogens with two attached hydrogens (primary N) is 1. The number of rotatable bonds is 4. The van der Waals surface area contributed by atoms with Crippen molar-refractivity contribution in [1.29, 1.82) is 0 Å². The highest BCUT2D eigenvalue weighted by atomic mass is 16.6. The third-order valence-electron chi connectivity index (χ3n) is 3.05. The molecule has 1 aliphatic heterocycles. The molecule has 1 aromatic rings. The number of ether oxygens (including phenoxy) is 2. The number of hydrogen-bond acceptors (Lipinski definition) is 4. The van der Waals surface area contributed by atoms with Crippen LogP contribution in [-0.2, 0) is 0 Å². The Morgan fingerprint density at radius 1 is 1.37 bits per heavy atom. The normalized spacial score (nSPS) is 13.5. The summed E-state index contributed by atoms with van der Waals surface area (Å²) >= 11 is 0. The highest BCUT2D eigenvalue weighted by Crippen LogP contribution is 2.34. The lowest BCUT2D eigenvalue weighted by molar-refractivity contribution is 0.0701. The zero-order valence-corrected chi connectivity index (χ0v) is 11.4. The highest BCUT2D eigenvalue weighted by Gasteiger charge is 2.25. The van der Waals surface area contributed by atoms with Crippen LogP contribution < -0.4 is 15.2 Å². The largest absolute Gasteiger partial charge is 0.486 e. The molecule has 104 valence electrons. The number of carbonyl (C=O) groups excluding carboxylic acids is 1. The summed E-state index contributed by atoms with van der Waals surface area (Å²) in [6.07, 6.45) is 0. The van der Waals surface area contributed by atoms with Crippen LogP contribution in [0.5, 0.6) is 11.5 Å². The predicted molar refractivity (Wildman–Crippen MR) is 72.7 cm³/mol. The molecule has 0 aliphatic carbocycles. The first-order valence-corrected chi connectivity index (χ1v) is 6.54. The third-order valence-corrected chi connectivity index (χ3v) is 3.05. The third kappa shape index (κ3) is 2.81. The van der Waals surface area contributed by atoms with Crippen LogP contribution in [0.4, 0.5) is 0 Å². The van der Waals surface area contributed by atoms with Gasteiger partial charge in [0.15, 0.2) is 11.5 Å². The summed E-state index contributed by atoms with van der Waals surface area (Å²) < 4.78 is 11.1. The van der Waals surface area contributed by atoms with Crippen LogP contribution in [0, 0.1) is 0 Å². The molecule has 0 bridgehead atoms. The number of para-hydroxylation sites is 1. The maximum Gasteiger partial charge on any atom is 0.258 e. The fourth-order valence-electron chi connectivity index (χ4n) is 2.13. The van der Waals surface area contributed by atoms with Crippen molar-refractivity contribution in [2.75, 3.05) is 26.3 Å². The van der Waals surface area contributed by atoms with E-state index in [9.17, 15) is 4.79 Å². The second-order valence-corrected chi connectivity index (χ2v) is 4.71. The van der Waals surface area contributed by atoms with Crippen molar-refractivity contribution in [1.82, 2.24) is 4.90 Å². The monoisotopic (exact) mass is 264 g/mol. The van der Waals surface area contributed by atoms with Crippen LogP contribution in [0.25, 0.3) is 0 Å². The van der Waals surface area contributed by atoms with E-state index in [0.717, 1.165) is 0 Å². The Bertz CT molecular complexity index is 460. The lowest BCUT2D eigenvalue weighted by atomic mass is 10.1. The van der Waals surface area contributed by atoms with Crippen molar-refractivity contribution in [3.05, 3.63) is 23.8 Å². The molecule has 0 saturated heterocycles. The zero-order valence-electron chi connectivity index (χ0n) is 11.4. The van der Waals surface area contributed by atoms with Crippen molar-refractivity contribution >= 4 is 5.91 Å². The SMILES string of the molecule is CC(C)N(CCN)C(=O)c1cccc2c1OCCO2. The summed E-state index contributed by atoms with van der Waals surface area (Å²) in [6, 6.07) is 5.48. The molecule has 0 aromatic heterocycles. The smallest absolute Gasteiger partial charge is 0.258 e. The molecule has 5 heteroatoms. The summed E-state index contributed by atoms with van der Waals surface area (Å²) in [6.45, 7) is 5.90. The van der Waals surface area contributed by atoms with Crippen LogP contribution >= 0.6 is 0 Å². The van der Waals surface area contributed by atoms with Gasteiger partial charge in [-0.1, -0.05) is 6.07 Å². The Kier molecular flexibility index (Phi) is 4.27. The molecule has 0 radical (unpaired) electrons. The first-order chi connectivity index (χ1) is 9.15. The van der Waals surface area contributed by atoms with E-state index in [0.29, 0.717) is 43.4 Å². The highest BCUT2D eigenvalue weighted by molar-refractivity contribution is 5.98. The molecule has 1 heterocycles. The zero-order chi connectivity index (χ0) is 13.8. The van der Waals surface area contributed by atoms with Gasteiger partial charge in [0.2, 0.25) is 0 Å². The quantitative estimate of drug-likeness (QED) is 0.889. The molecule has 2 rings (SSSR count). The number of benzene rings is 1. The minimum Gasteiger partial charge on any atom is -0.486 e. The number of carbonyl (C=O) groups is 1. The lowest BCUT2D eigenvalue weighted by Gasteiger charge is -2.28. The first-order valence-electron chi connectivity index (χ1n) is 6.54. The van der Waals surface area contributed by atoms with Gasteiger partial charge in [0.1, 0.15) is 13.2 Å². The predicted octanol–water partition coefficient (Wildman–Crippen LogP) is 1.27. The molecule has 1 aliphatic rings. The molecule has 1 amide bonds. The van der Waals surface area contributed by atoms with Crippen LogP contribution in [0.3, 0.4) is 0 Å². The van der Waals surface area contributed by atoms with E-state index >= 15 is 0 Å². The molecular weight excluding hydrogens is 244 g/mol. The Morgan fingerprint density at radius 2 is 2.11 bits per heavy atom. The van der Waals surface area contributed by atoms with Crippen LogP contribution in [0.2, 0.25) is 0 Å². The summed E-state index contributed by atoms with van der Waals surface area (Å²) in [7, 11) is 0. The van der Waals surface area contributed by atoms with E-state index in [2.05, 4.69) is 0 Å². The maximum absolute atomic E-state index is 12.6. The molecule has 19 heavy (non-hydrogen) atoms. The van der Waals surface area contributed by atoms with E-state index in [1.165, 1.54) is 0 Å². The first kappa shape index (κ1) is 13.7. The number of nitrogens with zero attached hydrogens (tertiary/aromatic N) is 1. The minimum absolute atomic E-state index is 0.0669. The fraction of sp³-hybridized carbons (Fsp3) is 0.500. The molecular formula is C14H20N2O3. The topological polar surface area (TPSA) is 64.8 Å². The lowest BCUT2D eigenvalue weighted by Crippen LogP contribution is -2.40. The second kappa shape index (κ2) is 5.93. The van der Waals surface area contributed by atoms with Gasteiger partial charge in [-0.15, -0.1) is 0 Å². The van der Waals surface area contributed by atoms with Crippen molar-refractivity contribution in [2.24, 2.45) is 5.73 Å². The Hall–Kier alpha value is -1.75. The van der Waals surface area contributed by atoms with Crippen molar-refractivity contribution in [3.63, 3.8) is 0 Å². The van der Waals surface area contributed by atoms with Gasteiger partial charge in [-0.3, -0.25) is 4.79 Å². The van der Waals surface area contributed by atoms with Crippen LogP contribution in [0.15, 0.2) is 18.2 Å². The Balaban J connectivity index is 2.32. The van der Waals surface area contributed by atoms with E-state index < -0.39 is 0 Å². The standard InChI is InChI=1S/C14H20N2O3/c1-10(2)16(7-6-15)14(17)11-4-3-5-12-13(11)19-9-8-18-12/h3-5,10H,6-9,15H2,1-2H3. The van der Waals surface area contributed by atoms with Crippen LogP contribution in [-0.4, -0.2) is 43.2 Å². The van der Waals surface area contributed by atoms with Crippen molar-refractivity contribution in [2.45, 2.75) is 19.9 Å². The van der Waals surface area contributed by atoms with E-state index in [-0.39, 0.29) is 11.9 Å². The average Bonchev–Trinajstić information content (AvgIpc) is 2.43. The molecule has 0 atom stereocenters. The Labute approximate surface area is 113 Å². The minimum atomic E-state index is -0.0669. The Morgan fingerprint density at radius 3 is 2.79 bits per heavy atom. The number of hydrogen-bond donors (Lipinski definition) is 1. The van der Waals surface area contributed by atoms with Gasteiger partial charge in [-0.2, -0.15) is 0 Å². The summed E-state index contributed by atoms with van der Waals surface area (Å²) in [5, 5.41) is 0. The van der Waals surface area contributed by atoms with Gasteiger partial charge in [0.25, 0.3) is 5.91 Å². The molecule has 2 N–H and O–H groups in total. The summed E-state index contributed by atoms with van der Waals surface area (Å²) in [5.41, 5.74) is 6.11. The molecule has 0 fully saturated rings. The summed E-state index contributed by atoms with van der Waals surface area (Å²) in [5.74, 6) is 1.11. The molecule has 0 saturated carbocycles. The molecule has 1 aromatic carbocycles. The van der Waals surface area contributed by atoms with Crippen LogP contribution in [0.1, 0.15) is 24.2 Å². The molecule has 0 unspecified atom stereocenters.